The van der Waals surface area contributed by atoms with Crippen LogP contribution in [0, 0.1) is 11.3 Å². The number of carbonyl (C=O) groups is 1. The summed E-state index contributed by atoms with van der Waals surface area (Å²) in [5, 5.41) is 0. The summed E-state index contributed by atoms with van der Waals surface area (Å²) in [6.45, 7) is 4.71. The van der Waals surface area contributed by atoms with E-state index in [-0.39, 0.29) is 5.41 Å². The number of amides is 1. The Bertz CT molecular complexity index is 276. The molecule has 2 aliphatic rings. The molecule has 0 spiro atoms. The minimum Gasteiger partial charge on any atom is -0.342 e. The fourth-order valence-corrected chi connectivity index (χ4v) is 3.61. The van der Waals surface area contributed by atoms with Crippen LogP contribution >= 0.6 is 0 Å². The highest BCUT2D eigenvalue weighted by atomic mass is 16.2. The van der Waals surface area contributed by atoms with E-state index >= 15 is 0 Å². The quantitative estimate of drug-likeness (QED) is 0.839. The van der Waals surface area contributed by atoms with E-state index in [1.807, 2.05) is 0 Å². The van der Waals surface area contributed by atoms with E-state index in [1.165, 1.54) is 38.5 Å². The van der Waals surface area contributed by atoms with Gasteiger partial charge in [-0.1, -0.05) is 32.6 Å². The van der Waals surface area contributed by atoms with Crippen LogP contribution in [0.15, 0.2) is 0 Å². The molecule has 2 rings (SSSR count). The highest BCUT2D eigenvalue weighted by molar-refractivity contribution is 5.83. The fourth-order valence-electron chi connectivity index (χ4n) is 3.61. The third-order valence-corrected chi connectivity index (χ3v) is 5.13. The van der Waals surface area contributed by atoms with Crippen molar-refractivity contribution in [3.05, 3.63) is 0 Å². The molecule has 1 saturated carbocycles. The van der Waals surface area contributed by atoms with Crippen LogP contribution in [0.2, 0.25) is 0 Å². The molecule has 0 radical (unpaired) electrons. The molecule has 0 bridgehead atoms. The molecule has 2 fully saturated rings. The number of rotatable bonds is 3. The Morgan fingerprint density at radius 2 is 1.83 bits per heavy atom. The van der Waals surface area contributed by atoms with Crippen LogP contribution in [-0.4, -0.2) is 30.4 Å². The van der Waals surface area contributed by atoms with Crippen LogP contribution in [0.3, 0.4) is 0 Å². The average Bonchev–Trinajstić information content (AvgIpc) is 2.47. The van der Waals surface area contributed by atoms with E-state index in [9.17, 15) is 4.79 Å². The third-order valence-electron chi connectivity index (χ3n) is 5.13. The molecule has 0 atom stereocenters. The average molecular weight is 252 g/mol. The molecule has 1 aliphatic carbocycles. The van der Waals surface area contributed by atoms with Crippen molar-refractivity contribution in [1.29, 1.82) is 0 Å². The smallest absolute Gasteiger partial charge is 0.230 e. The molecule has 1 aliphatic heterocycles. The fraction of sp³-hybridized carbons (Fsp3) is 0.933. The molecule has 1 amide bonds. The van der Waals surface area contributed by atoms with Gasteiger partial charge in [-0.3, -0.25) is 4.79 Å². The molecule has 3 nitrogen and oxygen atoms in total. The standard InChI is InChI=1S/C15H28N2O/c1-2-13-6-10-17(11-7-13)14(18)15(12-16)8-4-3-5-9-15/h13H,2-12,16H2,1H3. The summed E-state index contributed by atoms with van der Waals surface area (Å²) in [6.07, 6.45) is 9.26. The van der Waals surface area contributed by atoms with Gasteiger partial charge in [0.05, 0.1) is 5.41 Å². The number of nitrogens with two attached hydrogens (primary N) is 1. The molecule has 3 heteroatoms. The van der Waals surface area contributed by atoms with Crippen LogP contribution in [0.25, 0.3) is 0 Å². The van der Waals surface area contributed by atoms with Crippen molar-refractivity contribution in [3.8, 4) is 0 Å². The Morgan fingerprint density at radius 1 is 1.22 bits per heavy atom. The van der Waals surface area contributed by atoms with Crippen molar-refractivity contribution in [2.24, 2.45) is 17.1 Å². The van der Waals surface area contributed by atoms with Gasteiger partial charge in [0, 0.05) is 19.6 Å². The van der Waals surface area contributed by atoms with Crippen molar-refractivity contribution >= 4 is 5.91 Å². The normalized spacial score (nSPS) is 25.1. The number of hydrogen-bond acceptors (Lipinski definition) is 2. The van der Waals surface area contributed by atoms with Gasteiger partial charge in [-0.05, 0) is 31.6 Å². The molecule has 18 heavy (non-hydrogen) atoms. The number of hydrogen-bond donors (Lipinski definition) is 1. The zero-order valence-electron chi connectivity index (χ0n) is 11.8. The van der Waals surface area contributed by atoms with Crippen molar-refractivity contribution in [1.82, 2.24) is 4.90 Å². The predicted octanol–water partition coefficient (Wildman–Crippen LogP) is 2.54. The van der Waals surface area contributed by atoms with E-state index < -0.39 is 0 Å². The molecule has 1 heterocycles. The maximum atomic E-state index is 12.7. The number of nitrogens with zero attached hydrogens (tertiary/aromatic N) is 1. The lowest BCUT2D eigenvalue weighted by Gasteiger charge is -2.41. The Kier molecular flexibility index (Phi) is 4.66. The van der Waals surface area contributed by atoms with E-state index in [2.05, 4.69) is 11.8 Å². The number of carbonyl (C=O) groups excluding carboxylic acids is 1. The molecule has 0 aromatic rings. The van der Waals surface area contributed by atoms with Gasteiger partial charge in [0.15, 0.2) is 0 Å². The van der Waals surface area contributed by atoms with E-state index in [4.69, 9.17) is 5.73 Å². The van der Waals surface area contributed by atoms with Crippen molar-refractivity contribution in [2.75, 3.05) is 19.6 Å². The van der Waals surface area contributed by atoms with Gasteiger partial charge in [0.25, 0.3) is 0 Å². The third kappa shape index (κ3) is 2.71. The van der Waals surface area contributed by atoms with E-state index in [0.29, 0.717) is 12.5 Å². The van der Waals surface area contributed by atoms with Gasteiger partial charge < -0.3 is 10.6 Å². The molecule has 0 unspecified atom stereocenters. The molecule has 104 valence electrons. The first-order valence-corrected chi connectivity index (χ1v) is 7.71. The van der Waals surface area contributed by atoms with Crippen LogP contribution in [0.5, 0.6) is 0 Å². The maximum Gasteiger partial charge on any atom is 0.230 e. The summed E-state index contributed by atoms with van der Waals surface area (Å²) < 4.78 is 0. The van der Waals surface area contributed by atoms with E-state index in [0.717, 1.165) is 31.8 Å². The SMILES string of the molecule is CCC1CCN(C(=O)C2(CN)CCCCC2)CC1. The van der Waals surface area contributed by atoms with Gasteiger partial charge >= 0.3 is 0 Å². The van der Waals surface area contributed by atoms with Crippen LogP contribution in [0.1, 0.15) is 58.3 Å². The summed E-state index contributed by atoms with van der Waals surface area (Å²) in [4.78, 5) is 14.8. The van der Waals surface area contributed by atoms with Crippen LogP contribution in [0.4, 0.5) is 0 Å². The topological polar surface area (TPSA) is 46.3 Å². The van der Waals surface area contributed by atoms with Crippen molar-refractivity contribution in [3.63, 3.8) is 0 Å². The maximum absolute atomic E-state index is 12.7. The first-order valence-electron chi connectivity index (χ1n) is 7.71. The molecule has 0 aromatic heterocycles. The minimum atomic E-state index is -0.211. The van der Waals surface area contributed by atoms with Gasteiger partial charge in [0.2, 0.25) is 5.91 Å². The Labute approximate surface area is 111 Å². The molecule has 2 N–H and O–H groups in total. The first kappa shape index (κ1) is 13.9. The summed E-state index contributed by atoms with van der Waals surface area (Å²) >= 11 is 0. The first-order chi connectivity index (χ1) is 8.72. The van der Waals surface area contributed by atoms with Crippen LogP contribution < -0.4 is 5.73 Å². The molecular formula is C15H28N2O. The lowest BCUT2D eigenvalue weighted by Crippen LogP contribution is -2.51. The molecular weight excluding hydrogens is 224 g/mol. The zero-order chi connectivity index (χ0) is 13.0. The Morgan fingerprint density at radius 3 is 2.33 bits per heavy atom. The van der Waals surface area contributed by atoms with Gasteiger partial charge in [0.1, 0.15) is 0 Å². The Hall–Kier alpha value is -0.570. The second kappa shape index (κ2) is 6.05. The zero-order valence-corrected chi connectivity index (χ0v) is 11.8. The summed E-state index contributed by atoms with van der Waals surface area (Å²) in [5.41, 5.74) is 5.74. The lowest BCUT2D eigenvalue weighted by atomic mass is 9.72. The Balaban J connectivity index is 1.97. The van der Waals surface area contributed by atoms with Crippen molar-refractivity contribution in [2.45, 2.75) is 58.3 Å². The van der Waals surface area contributed by atoms with E-state index in [1.54, 1.807) is 0 Å². The monoisotopic (exact) mass is 252 g/mol. The summed E-state index contributed by atoms with van der Waals surface area (Å²) in [5.74, 6) is 1.19. The lowest BCUT2D eigenvalue weighted by molar-refractivity contribution is -0.145. The highest BCUT2D eigenvalue weighted by Gasteiger charge is 2.41. The highest BCUT2D eigenvalue weighted by Crippen LogP contribution is 2.38. The van der Waals surface area contributed by atoms with Crippen molar-refractivity contribution < 1.29 is 4.79 Å². The predicted molar refractivity (Wildman–Crippen MR) is 74.2 cm³/mol. The second-order valence-corrected chi connectivity index (χ2v) is 6.19. The van der Waals surface area contributed by atoms with Crippen LogP contribution in [-0.2, 0) is 4.79 Å². The van der Waals surface area contributed by atoms with Gasteiger partial charge in [-0.15, -0.1) is 0 Å². The second-order valence-electron chi connectivity index (χ2n) is 6.19. The summed E-state index contributed by atoms with van der Waals surface area (Å²) in [6, 6.07) is 0. The molecule has 1 saturated heterocycles. The number of likely N-dealkylation sites (tertiary alicyclic amines) is 1. The number of piperidine rings is 1. The van der Waals surface area contributed by atoms with Gasteiger partial charge in [-0.2, -0.15) is 0 Å². The molecule has 0 aromatic carbocycles. The largest absolute Gasteiger partial charge is 0.342 e. The summed E-state index contributed by atoms with van der Waals surface area (Å²) in [7, 11) is 0. The minimum absolute atomic E-state index is 0.211. The van der Waals surface area contributed by atoms with Gasteiger partial charge in [-0.25, -0.2) is 0 Å².